The third kappa shape index (κ3) is 6.19. The summed E-state index contributed by atoms with van der Waals surface area (Å²) in [6.45, 7) is 0. The second-order valence-electron chi connectivity index (χ2n) is 1.84. The molecule has 4 N–H and O–H groups in total. The van der Waals surface area contributed by atoms with Crippen molar-refractivity contribution >= 4 is 30.7 Å². The van der Waals surface area contributed by atoms with Gasteiger partial charge >= 0.3 is 20.5 Å². The molecule has 0 saturated heterocycles. The fourth-order valence-corrected chi connectivity index (χ4v) is 3.35. The van der Waals surface area contributed by atoms with Gasteiger partial charge < -0.3 is 0 Å². The molecule has 0 aliphatic carbocycles. The summed E-state index contributed by atoms with van der Waals surface area (Å²) < 4.78 is 68.3. The Bertz CT molecular complexity index is 482. The van der Waals surface area contributed by atoms with Crippen LogP contribution < -0.4 is 13.4 Å². The van der Waals surface area contributed by atoms with Gasteiger partial charge in [-0.3, -0.25) is 4.18 Å². The van der Waals surface area contributed by atoms with Gasteiger partial charge in [0.05, 0.1) is 7.11 Å². The molecule has 0 saturated carbocycles. The normalized spacial score (nSPS) is 14.1. The van der Waals surface area contributed by atoms with Crippen molar-refractivity contribution in [2.75, 3.05) is 7.11 Å². The van der Waals surface area contributed by atoms with Crippen LogP contribution in [0.15, 0.2) is 0 Å². The summed E-state index contributed by atoms with van der Waals surface area (Å²) in [6, 6.07) is 0. The minimum absolute atomic E-state index is 0.675. The van der Waals surface area contributed by atoms with Crippen LogP contribution >= 0.6 is 0 Å². The average Bonchev–Trinajstić information content (AvgIpc) is 1.78. The van der Waals surface area contributed by atoms with E-state index in [0.29, 0.717) is 7.11 Å². The summed E-state index contributed by atoms with van der Waals surface area (Å²) in [5.41, 5.74) is 0. The number of nitrogens with one attached hydrogen (secondary N) is 2. The van der Waals surface area contributed by atoms with Crippen LogP contribution in [0.25, 0.3) is 0 Å². The van der Waals surface area contributed by atoms with E-state index < -0.39 is 30.7 Å². The number of hydrogen-bond acceptors (Lipinski definition) is 7. The first-order chi connectivity index (χ1) is 5.97. The maximum atomic E-state index is 10.7. The maximum Gasteiger partial charge on any atom is 0.349 e. The molecule has 14 heavy (non-hydrogen) atoms. The summed E-state index contributed by atoms with van der Waals surface area (Å²) >= 11 is 0. The molecule has 0 bridgehead atoms. The van der Waals surface area contributed by atoms with Gasteiger partial charge in [-0.25, -0.2) is 5.14 Å². The highest BCUT2D eigenvalue weighted by molar-refractivity contribution is 8.08. The van der Waals surface area contributed by atoms with E-state index in [1.54, 1.807) is 0 Å². The summed E-state index contributed by atoms with van der Waals surface area (Å²) in [4.78, 5) is 0. The Morgan fingerprint density at radius 3 is 1.71 bits per heavy atom. The van der Waals surface area contributed by atoms with Gasteiger partial charge in [-0.2, -0.15) is 25.3 Å². The van der Waals surface area contributed by atoms with Crippen LogP contribution in [-0.4, -0.2) is 32.4 Å². The molecule has 0 aliphatic rings. The Balaban J connectivity index is 4.88. The van der Waals surface area contributed by atoms with Gasteiger partial charge in [0.15, 0.2) is 0 Å². The van der Waals surface area contributed by atoms with Gasteiger partial charge in [0.1, 0.15) is 0 Å². The lowest BCUT2D eigenvalue weighted by molar-refractivity contribution is 0.394. The highest BCUT2D eigenvalue weighted by atomic mass is 32.3. The molecule has 86 valence electrons. The average molecular weight is 269 g/mol. The molecule has 13 heteroatoms. The zero-order valence-corrected chi connectivity index (χ0v) is 9.11. The highest BCUT2D eigenvalue weighted by Crippen LogP contribution is 1.88. The Labute approximate surface area is 81.1 Å². The SMILES string of the molecule is COS(=O)(=O)NS(=O)(=O)NS(N)(=O)=O. The van der Waals surface area contributed by atoms with E-state index in [4.69, 9.17) is 0 Å². The van der Waals surface area contributed by atoms with E-state index >= 15 is 0 Å². The Morgan fingerprint density at radius 2 is 1.43 bits per heavy atom. The van der Waals surface area contributed by atoms with Crippen LogP contribution in [0, 0.1) is 0 Å². The summed E-state index contributed by atoms with van der Waals surface area (Å²) in [7, 11) is -13.3. The minimum Gasteiger partial charge on any atom is -0.261 e. The summed E-state index contributed by atoms with van der Waals surface area (Å²) in [5, 5.41) is 4.29. The first-order valence-electron chi connectivity index (χ1n) is 2.63. The largest absolute Gasteiger partial charge is 0.349 e. The zero-order chi connectivity index (χ0) is 11.6. The monoisotopic (exact) mass is 269 g/mol. The van der Waals surface area contributed by atoms with Gasteiger partial charge in [-0.15, -0.1) is 0 Å². The van der Waals surface area contributed by atoms with E-state index in [1.807, 2.05) is 0 Å². The number of hydrogen-bond donors (Lipinski definition) is 3. The van der Waals surface area contributed by atoms with Crippen LogP contribution in [0.3, 0.4) is 0 Å². The van der Waals surface area contributed by atoms with Crippen LogP contribution in [0.2, 0.25) is 0 Å². The number of rotatable bonds is 5. The molecule has 0 aliphatic heterocycles. The van der Waals surface area contributed by atoms with Crippen molar-refractivity contribution in [3.63, 3.8) is 0 Å². The molecule has 0 atom stereocenters. The van der Waals surface area contributed by atoms with Gasteiger partial charge in [0.2, 0.25) is 0 Å². The van der Waals surface area contributed by atoms with Crippen molar-refractivity contribution in [3.05, 3.63) is 0 Å². The van der Waals surface area contributed by atoms with Crippen molar-refractivity contribution in [1.82, 2.24) is 8.25 Å². The van der Waals surface area contributed by atoms with E-state index in [-0.39, 0.29) is 0 Å². The molecule has 10 nitrogen and oxygen atoms in total. The van der Waals surface area contributed by atoms with Crippen molar-refractivity contribution in [2.45, 2.75) is 0 Å². The van der Waals surface area contributed by atoms with Crippen LogP contribution in [0.5, 0.6) is 0 Å². The van der Waals surface area contributed by atoms with E-state index in [1.165, 1.54) is 0 Å². The fourth-order valence-electron chi connectivity index (χ4n) is 0.338. The van der Waals surface area contributed by atoms with E-state index in [9.17, 15) is 25.3 Å². The molecule has 0 radical (unpaired) electrons. The van der Waals surface area contributed by atoms with Crippen LogP contribution in [0.4, 0.5) is 0 Å². The smallest absolute Gasteiger partial charge is 0.261 e. The first-order valence-corrected chi connectivity index (χ1v) is 7.06. The maximum absolute atomic E-state index is 10.7. The lowest BCUT2D eigenvalue weighted by Crippen LogP contribution is -2.45. The van der Waals surface area contributed by atoms with Crippen molar-refractivity contribution in [2.24, 2.45) is 5.14 Å². The molecule has 0 heterocycles. The summed E-state index contributed by atoms with van der Waals surface area (Å²) in [6.07, 6.45) is 0. The van der Waals surface area contributed by atoms with Crippen LogP contribution in [-0.2, 0) is 34.9 Å². The van der Waals surface area contributed by atoms with Gasteiger partial charge in [-0.1, -0.05) is 8.25 Å². The molecule has 0 aromatic rings. The molecule has 0 aromatic heterocycles. The van der Waals surface area contributed by atoms with E-state index in [2.05, 4.69) is 9.32 Å². The quantitative estimate of drug-likeness (QED) is 0.466. The third-order valence-corrected chi connectivity index (χ3v) is 4.60. The number of nitrogens with two attached hydrogens (primary N) is 1. The second-order valence-corrected chi connectivity index (χ2v) is 6.51. The third-order valence-electron chi connectivity index (χ3n) is 0.657. The van der Waals surface area contributed by atoms with Crippen molar-refractivity contribution in [3.8, 4) is 0 Å². The highest BCUT2D eigenvalue weighted by Gasteiger charge is 2.23. The zero-order valence-electron chi connectivity index (χ0n) is 6.66. The lowest BCUT2D eigenvalue weighted by Gasteiger charge is -2.04. The standard InChI is InChI=1S/CH7N3O7S3/c1-11-14(9,10)4-13(7,8)3-12(2,5)6/h3-4H,1H3,(H2,2,5,6). The lowest BCUT2D eigenvalue weighted by atomic mass is 11.8. The molecular formula is CH7N3O7S3. The van der Waals surface area contributed by atoms with Gasteiger partial charge in [0.25, 0.3) is 10.2 Å². The minimum atomic E-state index is -4.83. The Morgan fingerprint density at radius 1 is 1.00 bits per heavy atom. The predicted octanol–water partition coefficient (Wildman–Crippen LogP) is -3.49. The molecule has 0 fully saturated rings. The fraction of sp³-hybridized carbons (Fsp3) is 1.00. The molecule has 0 spiro atoms. The molecule has 0 unspecified atom stereocenters. The van der Waals surface area contributed by atoms with Crippen molar-refractivity contribution < 1.29 is 29.4 Å². The summed E-state index contributed by atoms with van der Waals surface area (Å²) in [5.74, 6) is 0. The topological polar surface area (TPSA) is 162 Å². The first kappa shape index (κ1) is 13.7. The van der Waals surface area contributed by atoms with Crippen molar-refractivity contribution in [1.29, 1.82) is 0 Å². The molecule has 0 aromatic carbocycles. The Kier molecular flexibility index (Phi) is 3.96. The predicted molar refractivity (Wildman–Crippen MR) is 44.2 cm³/mol. The Hall–Kier alpha value is -0.310. The van der Waals surface area contributed by atoms with E-state index in [0.717, 1.165) is 8.25 Å². The van der Waals surface area contributed by atoms with Gasteiger partial charge in [-0.05, 0) is 0 Å². The molecule has 0 amide bonds. The second kappa shape index (κ2) is 4.05. The van der Waals surface area contributed by atoms with Gasteiger partial charge in [0, 0.05) is 0 Å². The van der Waals surface area contributed by atoms with Crippen LogP contribution in [0.1, 0.15) is 0 Å². The molecular weight excluding hydrogens is 262 g/mol. The molecule has 0 rings (SSSR count).